The Labute approximate surface area is 143 Å². The normalized spacial score (nSPS) is 16.1. The zero-order chi connectivity index (χ0) is 16.9. The van der Waals surface area contributed by atoms with E-state index in [0.717, 1.165) is 42.6 Å². The van der Waals surface area contributed by atoms with Crippen LogP contribution in [0.25, 0.3) is 0 Å². The summed E-state index contributed by atoms with van der Waals surface area (Å²) in [4.78, 5) is 19.1. The quantitative estimate of drug-likeness (QED) is 0.939. The maximum absolute atomic E-state index is 12.3. The molecule has 2 aromatic rings. The highest BCUT2D eigenvalue weighted by atomic mass is 16.1. The third-order valence-electron chi connectivity index (χ3n) is 4.64. The zero-order valence-corrected chi connectivity index (χ0v) is 14.5. The lowest BCUT2D eigenvalue weighted by atomic mass is 9.93. The molecule has 3 rings (SSSR count). The van der Waals surface area contributed by atoms with E-state index in [4.69, 9.17) is 0 Å². The van der Waals surface area contributed by atoms with Gasteiger partial charge in [-0.05, 0) is 51.0 Å². The predicted molar refractivity (Wildman–Crippen MR) is 96.0 cm³/mol. The van der Waals surface area contributed by atoms with Crippen molar-refractivity contribution >= 4 is 5.91 Å². The standard InChI is InChI=1S/C20H25N3O/c1-15-11-16(2)13-18(12-15)20(24)22-14-23-9-6-17(7-10-23)19-5-3-4-8-21-19/h3-5,8,11-13,17H,6-7,9-10,14H2,1-2H3,(H,22,24). The number of likely N-dealkylation sites (tertiary alicyclic amines) is 1. The molecule has 0 atom stereocenters. The molecule has 0 aliphatic carbocycles. The molecule has 1 aliphatic rings. The van der Waals surface area contributed by atoms with Crippen LogP contribution < -0.4 is 5.32 Å². The van der Waals surface area contributed by atoms with Crippen LogP contribution in [0.2, 0.25) is 0 Å². The van der Waals surface area contributed by atoms with Crippen LogP contribution >= 0.6 is 0 Å². The number of hydrogen-bond donors (Lipinski definition) is 1. The van der Waals surface area contributed by atoms with Crippen LogP contribution in [-0.2, 0) is 0 Å². The summed E-state index contributed by atoms with van der Waals surface area (Å²) < 4.78 is 0. The Morgan fingerprint density at radius 3 is 2.50 bits per heavy atom. The number of hydrogen-bond acceptors (Lipinski definition) is 3. The van der Waals surface area contributed by atoms with Crippen LogP contribution in [-0.4, -0.2) is 35.5 Å². The Balaban J connectivity index is 1.49. The second kappa shape index (κ2) is 7.58. The molecule has 0 saturated carbocycles. The molecular formula is C20H25N3O. The number of aryl methyl sites for hydroxylation is 2. The van der Waals surface area contributed by atoms with Crippen molar-refractivity contribution in [2.24, 2.45) is 0 Å². The summed E-state index contributed by atoms with van der Waals surface area (Å²) in [5.41, 5.74) is 4.18. The first kappa shape index (κ1) is 16.7. The molecule has 1 N–H and O–H groups in total. The summed E-state index contributed by atoms with van der Waals surface area (Å²) in [5, 5.41) is 3.05. The fourth-order valence-electron chi connectivity index (χ4n) is 3.40. The summed E-state index contributed by atoms with van der Waals surface area (Å²) in [5.74, 6) is 0.547. The fraction of sp³-hybridized carbons (Fsp3) is 0.400. The molecular weight excluding hydrogens is 298 g/mol. The van der Waals surface area contributed by atoms with Crippen LogP contribution in [0.1, 0.15) is 45.9 Å². The van der Waals surface area contributed by atoms with Crippen molar-refractivity contribution in [1.82, 2.24) is 15.2 Å². The van der Waals surface area contributed by atoms with Crippen LogP contribution in [0.4, 0.5) is 0 Å². The largest absolute Gasteiger partial charge is 0.339 e. The van der Waals surface area contributed by atoms with Crippen molar-refractivity contribution < 1.29 is 4.79 Å². The van der Waals surface area contributed by atoms with Crippen molar-refractivity contribution in [3.63, 3.8) is 0 Å². The highest BCUT2D eigenvalue weighted by Crippen LogP contribution is 2.25. The molecule has 1 aromatic heterocycles. The second-order valence-corrected chi connectivity index (χ2v) is 6.69. The Hall–Kier alpha value is -2.20. The highest BCUT2D eigenvalue weighted by molar-refractivity contribution is 5.94. The van der Waals surface area contributed by atoms with E-state index in [9.17, 15) is 4.79 Å². The van der Waals surface area contributed by atoms with E-state index in [2.05, 4.69) is 33.4 Å². The minimum Gasteiger partial charge on any atom is -0.339 e. The maximum Gasteiger partial charge on any atom is 0.252 e. The van der Waals surface area contributed by atoms with Crippen molar-refractivity contribution in [3.05, 3.63) is 65.0 Å². The summed E-state index contributed by atoms with van der Waals surface area (Å²) in [6.07, 6.45) is 4.05. The van der Waals surface area contributed by atoms with Gasteiger partial charge in [0.2, 0.25) is 0 Å². The molecule has 1 aromatic carbocycles. The summed E-state index contributed by atoms with van der Waals surface area (Å²) in [6.45, 7) is 6.64. The first-order chi connectivity index (χ1) is 11.6. The number of benzene rings is 1. The van der Waals surface area contributed by atoms with E-state index in [-0.39, 0.29) is 5.91 Å². The average Bonchev–Trinajstić information content (AvgIpc) is 2.60. The number of carbonyl (C=O) groups excluding carboxylic acids is 1. The Morgan fingerprint density at radius 1 is 1.17 bits per heavy atom. The zero-order valence-electron chi connectivity index (χ0n) is 14.5. The van der Waals surface area contributed by atoms with Gasteiger partial charge in [0.05, 0.1) is 6.67 Å². The molecule has 2 heterocycles. The Morgan fingerprint density at radius 2 is 1.88 bits per heavy atom. The summed E-state index contributed by atoms with van der Waals surface area (Å²) in [6, 6.07) is 12.1. The number of amides is 1. The number of nitrogens with zero attached hydrogens (tertiary/aromatic N) is 2. The predicted octanol–water partition coefficient (Wildman–Crippen LogP) is 3.27. The number of rotatable bonds is 4. The first-order valence-electron chi connectivity index (χ1n) is 8.61. The Kier molecular flexibility index (Phi) is 5.26. The van der Waals surface area contributed by atoms with Crippen molar-refractivity contribution in [1.29, 1.82) is 0 Å². The maximum atomic E-state index is 12.3. The van der Waals surface area contributed by atoms with Crippen LogP contribution in [0.15, 0.2) is 42.6 Å². The van der Waals surface area contributed by atoms with Crippen molar-refractivity contribution in [2.45, 2.75) is 32.6 Å². The minimum atomic E-state index is 0.00801. The molecule has 0 unspecified atom stereocenters. The lowest BCUT2D eigenvalue weighted by Gasteiger charge is -2.31. The molecule has 0 radical (unpaired) electrons. The number of carbonyl (C=O) groups is 1. The summed E-state index contributed by atoms with van der Waals surface area (Å²) in [7, 11) is 0. The van der Waals surface area contributed by atoms with E-state index < -0.39 is 0 Å². The monoisotopic (exact) mass is 323 g/mol. The molecule has 0 spiro atoms. The summed E-state index contributed by atoms with van der Waals surface area (Å²) >= 11 is 0. The van der Waals surface area contributed by atoms with Gasteiger partial charge in [-0.1, -0.05) is 23.3 Å². The number of aromatic nitrogens is 1. The number of pyridine rings is 1. The fourth-order valence-corrected chi connectivity index (χ4v) is 3.40. The van der Waals surface area contributed by atoms with Gasteiger partial charge in [-0.2, -0.15) is 0 Å². The van der Waals surface area contributed by atoms with Gasteiger partial charge in [-0.3, -0.25) is 14.7 Å². The van der Waals surface area contributed by atoms with Gasteiger partial charge >= 0.3 is 0 Å². The van der Waals surface area contributed by atoms with Gasteiger partial charge in [-0.25, -0.2) is 0 Å². The van der Waals surface area contributed by atoms with E-state index in [1.807, 2.05) is 38.2 Å². The van der Waals surface area contributed by atoms with E-state index in [1.165, 1.54) is 5.69 Å². The number of nitrogens with one attached hydrogen (secondary N) is 1. The SMILES string of the molecule is Cc1cc(C)cc(C(=O)NCN2CCC(c3ccccn3)CC2)c1. The van der Waals surface area contributed by atoms with E-state index in [0.29, 0.717) is 12.6 Å². The van der Waals surface area contributed by atoms with Gasteiger partial charge in [0.25, 0.3) is 5.91 Å². The van der Waals surface area contributed by atoms with Crippen molar-refractivity contribution in [2.75, 3.05) is 19.8 Å². The van der Waals surface area contributed by atoms with Crippen LogP contribution in [0.5, 0.6) is 0 Å². The van der Waals surface area contributed by atoms with Gasteiger partial charge in [0, 0.05) is 36.5 Å². The lowest BCUT2D eigenvalue weighted by molar-refractivity contribution is 0.0910. The molecule has 4 nitrogen and oxygen atoms in total. The molecule has 1 amide bonds. The lowest BCUT2D eigenvalue weighted by Crippen LogP contribution is -2.41. The van der Waals surface area contributed by atoms with Gasteiger partial charge in [-0.15, -0.1) is 0 Å². The van der Waals surface area contributed by atoms with Gasteiger partial charge in [0.1, 0.15) is 0 Å². The number of piperidine rings is 1. The van der Waals surface area contributed by atoms with Gasteiger partial charge in [0.15, 0.2) is 0 Å². The van der Waals surface area contributed by atoms with E-state index in [1.54, 1.807) is 0 Å². The van der Waals surface area contributed by atoms with Crippen LogP contribution in [0, 0.1) is 13.8 Å². The molecule has 1 saturated heterocycles. The van der Waals surface area contributed by atoms with Crippen molar-refractivity contribution in [3.8, 4) is 0 Å². The molecule has 1 fully saturated rings. The Bertz CT molecular complexity index is 671. The van der Waals surface area contributed by atoms with Crippen LogP contribution in [0.3, 0.4) is 0 Å². The molecule has 24 heavy (non-hydrogen) atoms. The highest BCUT2D eigenvalue weighted by Gasteiger charge is 2.21. The average molecular weight is 323 g/mol. The molecule has 4 heteroatoms. The third-order valence-corrected chi connectivity index (χ3v) is 4.64. The van der Waals surface area contributed by atoms with E-state index >= 15 is 0 Å². The second-order valence-electron chi connectivity index (χ2n) is 6.69. The smallest absolute Gasteiger partial charge is 0.252 e. The topological polar surface area (TPSA) is 45.2 Å². The minimum absolute atomic E-state index is 0.00801. The third kappa shape index (κ3) is 4.20. The molecule has 1 aliphatic heterocycles. The molecule has 0 bridgehead atoms. The molecule has 126 valence electrons. The first-order valence-corrected chi connectivity index (χ1v) is 8.61. The van der Waals surface area contributed by atoms with Gasteiger partial charge < -0.3 is 5.32 Å².